The average Bonchev–Trinajstić information content (AvgIpc) is 3.29. The van der Waals surface area contributed by atoms with Crippen LogP contribution < -0.4 is 5.32 Å². The summed E-state index contributed by atoms with van der Waals surface area (Å²) in [5.41, 5.74) is 0. The fourth-order valence-electron chi connectivity index (χ4n) is 2.46. The summed E-state index contributed by atoms with van der Waals surface area (Å²) in [5, 5.41) is 9.59. The minimum atomic E-state index is -0.318. The van der Waals surface area contributed by atoms with Crippen molar-refractivity contribution in [3.05, 3.63) is 68.0 Å². The van der Waals surface area contributed by atoms with Gasteiger partial charge in [-0.3, -0.25) is 4.79 Å². The number of hydrogen-bond donors (Lipinski definition) is 1. The Bertz CT molecular complexity index is 1070. The zero-order valence-electron chi connectivity index (χ0n) is 12.7. The predicted octanol–water partition coefficient (Wildman–Crippen LogP) is 5.36. The van der Waals surface area contributed by atoms with E-state index in [1.807, 2.05) is 11.4 Å². The summed E-state index contributed by atoms with van der Waals surface area (Å²) in [7, 11) is 0. The van der Waals surface area contributed by atoms with Crippen molar-refractivity contribution < 1.29 is 9.18 Å². The first kappa shape index (κ1) is 16.4. The first-order valence-corrected chi connectivity index (χ1v) is 9.83. The van der Waals surface area contributed by atoms with Crippen molar-refractivity contribution in [2.75, 3.05) is 5.32 Å². The maximum absolute atomic E-state index is 13.8. The highest BCUT2D eigenvalue weighted by Gasteiger charge is 2.15. The third kappa shape index (κ3) is 3.37. The molecule has 8 heteroatoms. The van der Waals surface area contributed by atoms with E-state index in [1.54, 1.807) is 46.5 Å². The summed E-state index contributed by atoms with van der Waals surface area (Å²) < 4.78 is 17.3. The van der Waals surface area contributed by atoms with E-state index in [1.165, 1.54) is 17.4 Å². The number of nitrogens with zero attached hydrogens (tertiary/aromatic N) is 2. The Morgan fingerprint density at radius 3 is 2.96 bits per heavy atom. The van der Waals surface area contributed by atoms with Crippen LogP contribution in [0.15, 0.2) is 52.4 Å². The minimum Gasteiger partial charge on any atom is -0.306 e. The van der Waals surface area contributed by atoms with Gasteiger partial charge in [0.05, 0.1) is 17.6 Å². The minimum absolute atomic E-state index is 0.269. The van der Waals surface area contributed by atoms with Crippen LogP contribution >= 0.6 is 38.6 Å². The van der Waals surface area contributed by atoms with Crippen molar-refractivity contribution in [3.63, 3.8) is 0 Å². The molecule has 4 rings (SSSR count). The number of carbonyl (C=O) groups is 1. The molecule has 0 atom stereocenters. The lowest BCUT2D eigenvalue weighted by Crippen LogP contribution is -2.14. The molecule has 0 aliphatic heterocycles. The molecule has 0 radical (unpaired) electrons. The molecule has 0 aliphatic carbocycles. The summed E-state index contributed by atoms with van der Waals surface area (Å²) in [6, 6.07) is 10.2. The first-order chi connectivity index (χ1) is 12.1. The molecule has 25 heavy (non-hydrogen) atoms. The van der Waals surface area contributed by atoms with Crippen LogP contribution in [-0.2, 0) is 6.54 Å². The normalized spacial score (nSPS) is 11.1. The molecule has 1 amide bonds. The van der Waals surface area contributed by atoms with E-state index < -0.39 is 0 Å². The fraction of sp³-hybridized carbons (Fsp3) is 0.0588. The SMILES string of the molecule is O=C(Nc1ccnn1Cc1cc(Br)cs1)c1cc2c(F)cccc2s1. The predicted molar refractivity (Wildman–Crippen MR) is 103 cm³/mol. The van der Waals surface area contributed by atoms with E-state index in [0.29, 0.717) is 22.6 Å². The number of fused-ring (bicyclic) bond motifs is 1. The quantitative estimate of drug-likeness (QED) is 0.468. The highest BCUT2D eigenvalue weighted by atomic mass is 79.9. The molecule has 1 N–H and O–H groups in total. The number of halogens is 2. The maximum Gasteiger partial charge on any atom is 0.266 e. The van der Waals surface area contributed by atoms with Gasteiger partial charge in [-0.05, 0) is 40.2 Å². The third-order valence-corrected chi connectivity index (χ3v) is 6.40. The summed E-state index contributed by atoms with van der Waals surface area (Å²) in [4.78, 5) is 14.1. The van der Waals surface area contributed by atoms with Gasteiger partial charge >= 0.3 is 0 Å². The molecule has 0 unspecified atom stereocenters. The largest absolute Gasteiger partial charge is 0.306 e. The zero-order chi connectivity index (χ0) is 17.4. The molecule has 4 nitrogen and oxygen atoms in total. The van der Waals surface area contributed by atoms with Crippen LogP contribution in [-0.4, -0.2) is 15.7 Å². The second-order valence-corrected chi connectivity index (χ2v) is 8.32. The standard InChI is InChI=1S/C17H11BrFN3OS2/c18-10-6-11(24-9-10)8-22-16(4-5-20-22)21-17(23)15-7-12-13(19)2-1-3-14(12)25-15/h1-7,9H,8H2,(H,21,23). The van der Waals surface area contributed by atoms with Gasteiger partial charge in [-0.15, -0.1) is 22.7 Å². The van der Waals surface area contributed by atoms with Crippen LogP contribution in [0.4, 0.5) is 10.2 Å². The molecule has 0 saturated carbocycles. The number of amides is 1. The van der Waals surface area contributed by atoms with Crippen LogP contribution in [0.3, 0.4) is 0 Å². The maximum atomic E-state index is 13.8. The Kier molecular flexibility index (Phi) is 4.41. The summed E-state index contributed by atoms with van der Waals surface area (Å²) in [5.74, 6) is 0.0169. The Balaban J connectivity index is 1.56. The van der Waals surface area contributed by atoms with E-state index in [9.17, 15) is 9.18 Å². The number of nitrogens with one attached hydrogen (secondary N) is 1. The topological polar surface area (TPSA) is 46.9 Å². The third-order valence-electron chi connectivity index (χ3n) is 3.62. The molecule has 3 aromatic heterocycles. The van der Waals surface area contributed by atoms with E-state index in [2.05, 4.69) is 26.3 Å². The molecule has 0 spiro atoms. The summed E-state index contributed by atoms with van der Waals surface area (Å²) in [6.07, 6.45) is 1.64. The molecule has 0 saturated heterocycles. The van der Waals surface area contributed by atoms with Crippen molar-refractivity contribution in [1.29, 1.82) is 0 Å². The monoisotopic (exact) mass is 435 g/mol. The average molecular weight is 436 g/mol. The second kappa shape index (κ2) is 6.70. The molecular weight excluding hydrogens is 425 g/mol. The van der Waals surface area contributed by atoms with Gasteiger partial charge < -0.3 is 5.32 Å². The van der Waals surface area contributed by atoms with Crippen LogP contribution in [0, 0.1) is 5.82 Å². The Morgan fingerprint density at radius 1 is 1.32 bits per heavy atom. The number of benzene rings is 1. The van der Waals surface area contributed by atoms with Crippen LogP contribution in [0.2, 0.25) is 0 Å². The number of hydrogen-bond acceptors (Lipinski definition) is 4. The van der Waals surface area contributed by atoms with E-state index in [0.717, 1.165) is 14.0 Å². The van der Waals surface area contributed by atoms with E-state index in [4.69, 9.17) is 0 Å². The van der Waals surface area contributed by atoms with Crippen LogP contribution in [0.25, 0.3) is 10.1 Å². The molecule has 0 fully saturated rings. The van der Waals surface area contributed by atoms with E-state index >= 15 is 0 Å². The summed E-state index contributed by atoms with van der Waals surface area (Å²) >= 11 is 6.31. The van der Waals surface area contributed by atoms with Crippen LogP contribution in [0.5, 0.6) is 0 Å². The molecule has 1 aromatic carbocycles. The van der Waals surface area contributed by atoms with Crippen molar-refractivity contribution >= 4 is 60.4 Å². The summed E-state index contributed by atoms with van der Waals surface area (Å²) in [6.45, 7) is 0.569. The number of anilines is 1. The molecule has 3 heterocycles. The van der Waals surface area contributed by atoms with Gasteiger partial charge in [-0.1, -0.05) is 6.07 Å². The van der Waals surface area contributed by atoms with Gasteiger partial charge in [0.2, 0.25) is 0 Å². The van der Waals surface area contributed by atoms with Gasteiger partial charge in [-0.25, -0.2) is 9.07 Å². The molecule has 4 aromatic rings. The van der Waals surface area contributed by atoms with Gasteiger partial charge in [0.15, 0.2) is 0 Å². The number of aromatic nitrogens is 2. The number of thiophene rings is 2. The van der Waals surface area contributed by atoms with Crippen molar-refractivity contribution in [2.24, 2.45) is 0 Å². The molecule has 0 aliphatic rings. The Hall–Kier alpha value is -2.03. The van der Waals surface area contributed by atoms with Gasteiger partial charge in [0.1, 0.15) is 11.6 Å². The molecular formula is C17H11BrFN3OS2. The van der Waals surface area contributed by atoms with Gasteiger partial charge in [0, 0.05) is 30.9 Å². The van der Waals surface area contributed by atoms with Gasteiger partial charge in [-0.2, -0.15) is 5.10 Å². The number of carbonyl (C=O) groups excluding carboxylic acids is 1. The molecule has 0 bridgehead atoms. The highest BCUT2D eigenvalue weighted by molar-refractivity contribution is 9.10. The zero-order valence-corrected chi connectivity index (χ0v) is 15.9. The van der Waals surface area contributed by atoms with Crippen molar-refractivity contribution in [2.45, 2.75) is 6.54 Å². The lowest BCUT2D eigenvalue weighted by atomic mass is 10.2. The first-order valence-electron chi connectivity index (χ1n) is 7.34. The number of rotatable bonds is 4. The second-order valence-electron chi connectivity index (χ2n) is 5.32. The lowest BCUT2D eigenvalue weighted by Gasteiger charge is -2.07. The van der Waals surface area contributed by atoms with Crippen LogP contribution in [0.1, 0.15) is 14.5 Å². The fourth-order valence-corrected chi connectivity index (χ4v) is 4.87. The van der Waals surface area contributed by atoms with Crippen molar-refractivity contribution in [3.8, 4) is 0 Å². The van der Waals surface area contributed by atoms with Crippen molar-refractivity contribution in [1.82, 2.24) is 9.78 Å². The Morgan fingerprint density at radius 2 is 2.20 bits per heavy atom. The Labute approximate surface area is 159 Å². The van der Waals surface area contributed by atoms with E-state index in [-0.39, 0.29) is 11.7 Å². The smallest absolute Gasteiger partial charge is 0.266 e. The lowest BCUT2D eigenvalue weighted by molar-refractivity contribution is 0.102. The molecule has 126 valence electrons. The highest BCUT2D eigenvalue weighted by Crippen LogP contribution is 2.28. The van der Waals surface area contributed by atoms with Gasteiger partial charge in [0.25, 0.3) is 5.91 Å².